The standard InChI is InChI=1S/C10H12O2.C3H7NO/c1-8-3-4-10(12-2)9(7-8)5-6-11;1-4(2)3-5/h3-4,6-7H,5H2,1-2H3;3H,1-2H3. The van der Waals surface area contributed by atoms with Crippen LogP contribution in [-0.4, -0.2) is 38.8 Å². The third-order valence-corrected chi connectivity index (χ3v) is 1.95. The third kappa shape index (κ3) is 6.35. The number of hydrogen-bond acceptors (Lipinski definition) is 3. The lowest BCUT2D eigenvalue weighted by molar-refractivity contribution is -0.116. The molecule has 4 heteroatoms. The van der Waals surface area contributed by atoms with Gasteiger partial charge in [0.2, 0.25) is 6.41 Å². The van der Waals surface area contributed by atoms with Gasteiger partial charge in [-0.25, -0.2) is 0 Å². The highest BCUT2D eigenvalue weighted by Gasteiger charge is 2.00. The number of nitrogens with zero attached hydrogens (tertiary/aromatic N) is 1. The van der Waals surface area contributed by atoms with E-state index in [1.165, 1.54) is 4.90 Å². The van der Waals surface area contributed by atoms with Gasteiger partial charge in [0.15, 0.2) is 0 Å². The van der Waals surface area contributed by atoms with Crippen molar-refractivity contribution >= 4 is 12.7 Å². The number of carbonyl (C=O) groups excluding carboxylic acids is 2. The summed E-state index contributed by atoms with van der Waals surface area (Å²) in [6, 6.07) is 5.81. The summed E-state index contributed by atoms with van der Waals surface area (Å²) in [5.74, 6) is 0.785. The van der Waals surface area contributed by atoms with Crippen molar-refractivity contribution < 1.29 is 14.3 Å². The molecule has 1 amide bonds. The Hall–Kier alpha value is -1.84. The van der Waals surface area contributed by atoms with Gasteiger partial charge in [-0.15, -0.1) is 0 Å². The van der Waals surface area contributed by atoms with Gasteiger partial charge in [0.1, 0.15) is 12.0 Å². The normalized spacial score (nSPS) is 8.71. The summed E-state index contributed by atoms with van der Waals surface area (Å²) in [5, 5.41) is 0. The lowest BCUT2D eigenvalue weighted by Crippen LogP contribution is -2.06. The van der Waals surface area contributed by atoms with Crippen LogP contribution in [0.1, 0.15) is 11.1 Å². The summed E-state index contributed by atoms with van der Waals surface area (Å²) in [5.41, 5.74) is 2.10. The first kappa shape index (κ1) is 15.2. The Labute approximate surface area is 102 Å². The van der Waals surface area contributed by atoms with E-state index in [-0.39, 0.29) is 0 Å². The fraction of sp³-hybridized carbons (Fsp3) is 0.385. The van der Waals surface area contributed by atoms with E-state index in [1.54, 1.807) is 21.2 Å². The van der Waals surface area contributed by atoms with Crippen LogP contribution in [0, 0.1) is 6.92 Å². The Morgan fingerprint density at radius 2 is 1.88 bits per heavy atom. The molecule has 0 bridgehead atoms. The second-order valence-electron chi connectivity index (χ2n) is 3.76. The molecule has 1 aromatic rings. The molecule has 0 unspecified atom stereocenters. The van der Waals surface area contributed by atoms with Gasteiger partial charge in [-0.05, 0) is 13.0 Å². The quantitative estimate of drug-likeness (QED) is 0.745. The zero-order chi connectivity index (χ0) is 13.3. The zero-order valence-electron chi connectivity index (χ0n) is 10.8. The molecule has 94 valence electrons. The number of benzene rings is 1. The Morgan fingerprint density at radius 3 is 2.29 bits per heavy atom. The molecule has 0 aliphatic carbocycles. The van der Waals surface area contributed by atoms with Crippen molar-refractivity contribution in [2.24, 2.45) is 0 Å². The van der Waals surface area contributed by atoms with Crippen LogP contribution >= 0.6 is 0 Å². The van der Waals surface area contributed by atoms with Crippen LogP contribution in [0.2, 0.25) is 0 Å². The van der Waals surface area contributed by atoms with Gasteiger partial charge in [-0.1, -0.05) is 17.7 Å². The summed E-state index contributed by atoms with van der Waals surface area (Å²) >= 11 is 0. The molecule has 0 spiro atoms. The maximum atomic E-state index is 10.3. The van der Waals surface area contributed by atoms with Gasteiger partial charge in [0, 0.05) is 26.1 Å². The number of rotatable bonds is 4. The van der Waals surface area contributed by atoms with E-state index in [4.69, 9.17) is 4.74 Å². The SMILES string of the molecule is CN(C)C=O.COc1ccc(C)cc1CC=O. The average molecular weight is 237 g/mol. The Bertz CT molecular complexity index is 362. The van der Waals surface area contributed by atoms with Crippen LogP contribution in [0.15, 0.2) is 18.2 Å². The topological polar surface area (TPSA) is 46.6 Å². The van der Waals surface area contributed by atoms with Crippen molar-refractivity contribution in [1.82, 2.24) is 4.90 Å². The predicted octanol–water partition coefficient (Wildman–Crippen LogP) is 1.45. The van der Waals surface area contributed by atoms with Gasteiger partial charge in [-0.2, -0.15) is 0 Å². The molecule has 0 N–H and O–H groups in total. The van der Waals surface area contributed by atoms with E-state index in [0.717, 1.165) is 29.6 Å². The fourth-order valence-corrected chi connectivity index (χ4v) is 1.16. The molecule has 0 aromatic heterocycles. The minimum absolute atomic E-state index is 0.421. The largest absolute Gasteiger partial charge is 0.496 e. The van der Waals surface area contributed by atoms with Crippen molar-refractivity contribution in [3.05, 3.63) is 29.3 Å². The van der Waals surface area contributed by atoms with Crippen LogP contribution < -0.4 is 4.74 Å². The molecule has 0 fully saturated rings. The number of amides is 1. The monoisotopic (exact) mass is 237 g/mol. The molecule has 0 saturated heterocycles. The maximum Gasteiger partial charge on any atom is 0.209 e. The highest BCUT2D eigenvalue weighted by atomic mass is 16.5. The number of hydrogen-bond donors (Lipinski definition) is 0. The molecule has 0 saturated carbocycles. The van der Waals surface area contributed by atoms with Crippen LogP contribution in [0.25, 0.3) is 0 Å². The molecule has 0 aliphatic heterocycles. The van der Waals surface area contributed by atoms with E-state index in [2.05, 4.69) is 0 Å². The van der Waals surface area contributed by atoms with Crippen LogP contribution in [0.3, 0.4) is 0 Å². The van der Waals surface area contributed by atoms with E-state index in [1.807, 2.05) is 25.1 Å². The van der Waals surface area contributed by atoms with Gasteiger partial charge < -0.3 is 14.4 Å². The number of aldehydes is 1. The zero-order valence-corrected chi connectivity index (χ0v) is 10.8. The first-order valence-corrected chi connectivity index (χ1v) is 5.24. The van der Waals surface area contributed by atoms with E-state index >= 15 is 0 Å². The summed E-state index contributed by atoms with van der Waals surface area (Å²) in [6.07, 6.45) is 2.06. The average Bonchev–Trinajstić information content (AvgIpc) is 2.30. The fourth-order valence-electron chi connectivity index (χ4n) is 1.16. The van der Waals surface area contributed by atoms with Crippen LogP contribution in [0.4, 0.5) is 0 Å². The van der Waals surface area contributed by atoms with Crippen LogP contribution in [-0.2, 0) is 16.0 Å². The summed E-state index contributed by atoms with van der Waals surface area (Å²) in [6.45, 7) is 1.99. The van der Waals surface area contributed by atoms with Crippen molar-refractivity contribution in [1.29, 1.82) is 0 Å². The lowest BCUT2D eigenvalue weighted by Gasteiger charge is -2.05. The third-order valence-electron chi connectivity index (χ3n) is 1.95. The minimum Gasteiger partial charge on any atom is -0.496 e. The molecule has 1 rings (SSSR count). The van der Waals surface area contributed by atoms with Crippen molar-refractivity contribution in [3.8, 4) is 5.75 Å². The van der Waals surface area contributed by atoms with Gasteiger partial charge in [0.25, 0.3) is 0 Å². The smallest absolute Gasteiger partial charge is 0.209 e. The summed E-state index contributed by atoms with van der Waals surface area (Å²) in [7, 11) is 4.99. The van der Waals surface area contributed by atoms with Gasteiger partial charge >= 0.3 is 0 Å². The molecule has 0 radical (unpaired) electrons. The van der Waals surface area contributed by atoms with Crippen molar-refractivity contribution in [3.63, 3.8) is 0 Å². The second kappa shape index (κ2) is 8.33. The number of carbonyl (C=O) groups is 2. The van der Waals surface area contributed by atoms with Crippen molar-refractivity contribution in [2.75, 3.05) is 21.2 Å². The lowest BCUT2D eigenvalue weighted by atomic mass is 10.1. The number of methoxy groups -OCH3 is 1. The molecule has 0 atom stereocenters. The maximum absolute atomic E-state index is 10.3. The van der Waals surface area contributed by atoms with E-state index in [9.17, 15) is 9.59 Å². The molecule has 17 heavy (non-hydrogen) atoms. The predicted molar refractivity (Wildman–Crippen MR) is 67.3 cm³/mol. The molecule has 0 aliphatic rings. The summed E-state index contributed by atoms with van der Waals surface area (Å²) in [4.78, 5) is 21.2. The van der Waals surface area contributed by atoms with Gasteiger partial charge in [-0.3, -0.25) is 4.79 Å². The first-order valence-electron chi connectivity index (χ1n) is 5.24. The Morgan fingerprint density at radius 1 is 1.29 bits per heavy atom. The number of aryl methyl sites for hydroxylation is 1. The summed E-state index contributed by atoms with van der Waals surface area (Å²) < 4.78 is 5.09. The van der Waals surface area contributed by atoms with E-state index < -0.39 is 0 Å². The van der Waals surface area contributed by atoms with E-state index in [0.29, 0.717) is 6.42 Å². The highest BCUT2D eigenvalue weighted by molar-refractivity contribution is 5.58. The molecule has 4 nitrogen and oxygen atoms in total. The molecular weight excluding hydrogens is 218 g/mol. The highest BCUT2D eigenvalue weighted by Crippen LogP contribution is 2.19. The van der Waals surface area contributed by atoms with Crippen molar-refractivity contribution in [2.45, 2.75) is 13.3 Å². The Balaban J connectivity index is 0.000000437. The van der Waals surface area contributed by atoms with Crippen LogP contribution in [0.5, 0.6) is 5.75 Å². The first-order chi connectivity index (χ1) is 8.04. The molecular formula is C13H19NO3. The molecule has 1 aromatic carbocycles. The minimum atomic E-state index is 0.421. The second-order valence-corrected chi connectivity index (χ2v) is 3.76. The molecule has 0 heterocycles. The number of ether oxygens (including phenoxy) is 1. The Kier molecular flexibility index (Phi) is 7.43. The van der Waals surface area contributed by atoms with Gasteiger partial charge in [0.05, 0.1) is 7.11 Å².